The Bertz CT molecular complexity index is 4310. The molecule has 110 heavy (non-hydrogen) atoms. The van der Waals surface area contributed by atoms with Crippen molar-refractivity contribution in [2.75, 3.05) is 60.7 Å². The second-order valence-corrected chi connectivity index (χ2v) is 30.7. The van der Waals surface area contributed by atoms with Crippen LogP contribution in [0.2, 0.25) is 0 Å². The van der Waals surface area contributed by atoms with Crippen molar-refractivity contribution in [2.24, 2.45) is 10.8 Å². The molecule has 27 nitrogen and oxygen atoms in total. The zero-order valence-electron chi connectivity index (χ0n) is 64.4. The number of carboxylic acid groups (broad SMARTS) is 1. The number of aliphatic carboxylic acids is 1. The van der Waals surface area contributed by atoms with E-state index in [4.69, 9.17) is 18.9 Å². The van der Waals surface area contributed by atoms with Gasteiger partial charge in [-0.2, -0.15) is 0 Å². The fraction of sp³-hybridized carbons (Fsp3) is 0.434. The molecule has 586 valence electrons. The fourth-order valence-electron chi connectivity index (χ4n) is 13.7. The molecule has 7 aliphatic heterocycles. The molecule has 0 saturated carbocycles. The molecule has 7 aliphatic rings. The molecule has 2 saturated heterocycles. The lowest BCUT2D eigenvalue weighted by molar-refractivity contribution is -0.145. The van der Waals surface area contributed by atoms with Gasteiger partial charge in [0.15, 0.2) is 0 Å². The van der Waals surface area contributed by atoms with Crippen LogP contribution in [0.3, 0.4) is 0 Å². The molecule has 0 aliphatic carbocycles. The van der Waals surface area contributed by atoms with E-state index in [1.165, 1.54) is 9.80 Å². The number of rotatable bonds is 15. The molecule has 8 amide bonds. The Labute approximate surface area is 642 Å². The van der Waals surface area contributed by atoms with Crippen LogP contribution >= 0.6 is 0 Å². The highest BCUT2D eigenvalue weighted by Gasteiger charge is 2.49. The molecule has 10 bridgehead atoms. The molecule has 11 atom stereocenters. The molecule has 13 rings (SSSR count). The van der Waals surface area contributed by atoms with E-state index in [1.807, 2.05) is 145 Å². The molecule has 3 unspecified atom stereocenters. The predicted octanol–water partition coefficient (Wildman–Crippen LogP) is 5.17. The number of fused-ring (bicyclic) bond motifs is 1. The van der Waals surface area contributed by atoms with E-state index < -0.39 is 131 Å². The van der Waals surface area contributed by atoms with Gasteiger partial charge in [-0.15, -0.1) is 5.53 Å². The summed E-state index contributed by atoms with van der Waals surface area (Å²) in [6.07, 6.45) is 5.01. The highest BCUT2D eigenvalue weighted by Crippen LogP contribution is 2.32. The largest absolute Gasteiger partial charge is 0.497 e. The van der Waals surface area contributed by atoms with E-state index in [1.54, 1.807) is 94.8 Å². The summed E-state index contributed by atoms with van der Waals surface area (Å²) in [4.78, 5) is 133. The number of nitrogens with one attached hydrogen (secondary N) is 10. The number of carbonyl (C=O) groups is 9. The van der Waals surface area contributed by atoms with Gasteiger partial charge < -0.3 is 81.8 Å². The van der Waals surface area contributed by atoms with Crippen LogP contribution in [0.4, 0.5) is 0 Å². The van der Waals surface area contributed by atoms with E-state index in [0.29, 0.717) is 40.5 Å². The molecule has 27 heteroatoms. The summed E-state index contributed by atoms with van der Waals surface area (Å²) in [6.45, 7) is 14.7. The van der Waals surface area contributed by atoms with Crippen molar-refractivity contribution < 1.29 is 67.2 Å². The average Bonchev–Trinajstić information content (AvgIpc) is 1.61. The number of carboxylic acids is 1. The van der Waals surface area contributed by atoms with Gasteiger partial charge >= 0.3 is 5.97 Å². The minimum Gasteiger partial charge on any atom is -0.497 e. The van der Waals surface area contributed by atoms with Crippen molar-refractivity contribution in [3.8, 4) is 28.4 Å². The van der Waals surface area contributed by atoms with Gasteiger partial charge in [-0.05, 0) is 132 Å². The first-order valence-corrected chi connectivity index (χ1v) is 37.5. The van der Waals surface area contributed by atoms with Gasteiger partial charge in [0.2, 0.25) is 47.3 Å². The van der Waals surface area contributed by atoms with Crippen molar-refractivity contribution in [1.82, 2.24) is 68.3 Å². The third kappa shape index (κ3) is 21.5. The Morgan fingerprint density at radius 2 is 1.17 bits per heavy atom. The number of methoxy groups -OCH3 is 1. The third-order valence-electron chi connectivity index (χ3n) is 20.5. The van der Waals surface area contributed by atoms with E-state index >= 15 is 19.2 Å². The average molecular weight is 1510 g/mol. The van der Waals surface area contributed by atoms with Crippen molar-refractivity contribution in [3.05, 3.63) is 186 Å². The van der Waals surface area contributed by atoms with Crippen molar-refractivity contribution in [2.45, 2.75) is 160 Å². The molecule has 0 spiro atoms. The van der Waals surface area contributed by atoms with Crippen LogP contribution in [0.1, 0.15) is 90.5 Å². The number of benzene rings is 6. The number of carbonyl (C=O) groups excluding carboxylic acids is 8. The molecule has 0 radical (unpaired) electrons. The smallest absolute Gasteiger partial charge is 0.326 e. The summed E-state index contributed by atoms with van der Waals surface area (Å²) < 4.78 is 24.2. The standard InChI is InChI=1S/C83H105N13O14/c1-50(84-9)73(97)90-71(82(3,4)5)79(103)94-47-61-44-69(94)77(101)88-67(42-55-23-30-56-17-12-13-18-58(56)39-55)76(100)89-68(81(105)106)41-54-26-33-62(34-27-54)108-37-14-15-38-109-65-45-70(95(48-65)80(104)72(83(6,7)8)91-74(98)51(2)85-10)78(102)87-66(40-53-21-28-57(29-22-53)59-19-16-20-64(43-59)107-11)75(99)86-36-35-52-24-31-63(32-25-52)110-49-60-46-96(61)93-92-60/h12-34,39,43,46,50-51,61,65-72,84-85,92-93H,35-38,40-42,44-45,47-49H2,1-11H3,(H,86,99)(H,87,102)(H,88,101)(H,89,100)(H,90,97)(H,91,98)(H,105,106)/b15-14+/t50-,51-,61?,65?,66-,67-,68-,69-,70?,71+,72+/m0/s1. The van der Waals surface area contributed by atoms with Gasteiger partial charge in [0.1, 0.15) is 72.8 Å². The first-order chi connectivity index (χ1) is 52.5. The first-order valence-electron chi connectivity index (χ1n) is 37.5. The maximum atomic E-state index is 15.3. The highest BCUT2D eigenvalue weighted by atomic mass is 16.5. The molecular formula is C83H105N13O14. The Hall–Kier alpha value is -10.9. The summed E-state index contributed by atoms with van der Waals surface area (Å²) in [5.41, 5.74) is 9.93. The summed E-state index contributed by atoms with van der Waals surface area (Å²) in [5, 5.41) is 37.8. The van der Waals surface area contributed by atoms with E-state index in [2.05, 4.69) is 53.5 Å². The fourth-order valence-corrected chi connectivity index (χ4v) is 13.7. The quantitative estimate of drug-likeness (QED) is 0.0591. The lowest BCUT2D eigenvalue weighted by atomic mass is 9.85. The zero-order valence-corrected chi connectivity index (χ0v) is 64.4. The molecule has 11 N–H and O–H groups in total. The van der Waals surface area contributed by atoms with Gasteiger partial charge in [-0.3, -0.25) is 43.4 Å². The van der Waals surface area contributed by atoms with Gasteiger partial charge in [-0.1, -0.05) is 151 Å². The number of likely N-dealkylation sites (tertiary alicyclic amines) is 2. The van der Waals surface area contributed by atoms with Crippen molar-refractivity contribution in [1.29, 1.82) is 0 Å². The molecule has 6 aromatic rings. The lowest BCUT2D eigenvalue weighted by Crippen LogP contribution is -2.61. The molecule has 0 aromatic heterocycles. The normalized spacial score (nSPS) is 22.1. The van der Waals surface area contributed by atoms with Crippen LogP contribution in [-0.4, -0.2) is 200 Å². The second-order valence-electron chi connectivity index (χ2n) is 30.7. The maximum Gasteiger partial charge on any atom is 0.326 e. The minimum absolute atomic E-state index is 0.00456. The molecule has 2 fully saturated rings. The summed E-state index contributed by atoms with van der Waals surface area (Å²) in [6, 6.07) is 32.5. The van der Waals surface area contributed by atoms with E-state index in [-0.39, 0.29) is 71.6 Å². The van der Waals surface area contributed by atoms with E-state index in [9.17, 15) is 29.1 Å². The number of hydrogen-bond acceptors (Lipinski definition) is 18. The van der Waals surface area contributed by atoms with Crippen LogP contribution in [0, 0.1) is 10.8 Å². The Morgan fingerprint density at radius 1 is 0.600 bits per heavy atom. The topological polar surface area (TPSA) is 341 Å². The predicted molar refractivity (Wildman–Crippen MR) is 416 cm³/mol. The maximum absolute atomic E-state index is 15.3. The Morgan fingerprint density at radius 3 is 1.79 bits per heavy atom. The monoisotopic (exact) mass is 1510 g/mol. The summed E-state index contributed by atoms with van der Waals surface area (Å²) in [5.74, 6) is -4.00. The minimum atomic E-state index is -1.46. The summed E-state index contributed by atoms with van der Waals surface area (Å²) in [7, 11) is 4.88. The molecule has 6 aromatic carbocycles. The third-order valence-corrected chi connectivity index (χ3v) is 20.5. The van der Waals surface area contributed by atoms with Crippen LogP contribution in [0.5, 0.6) is 17.2 Å². The lowest BCUT2D eigenvalue weighted by Gasteiger charge is -2.36. The SMILES string of the molecule is CN[C@@H](C)C(=O)N[C@H](C(=O)N1CC2CC1C(=O)N[C@@H](Cc1ccc(-c3cccc(OC)c3)cc1)C(=O)NCCc1ccc(cc1)OCC1=CN(NN1)C1C[C@@H](C(=O)N[C@@H](Cc3ccc4ccccc4c3)C(=O)N[C@H](C(=O)O)Cc3ccc(cc3)OC/C=C/CO2)N(C(=O)[C@@H](NC(=O)[C@H](C)NC)C(C)(C)C)C1)C(C)(C)C. The van der Waals surface area contributed by atoms with E-state index in [0.717, 1.165) is 33.0 Å². The van der Waals surface area contributed by atoms with Crippen molar-refractivity contribution in [3.63, 3.8) is 0 Å². The number of hydrogen-bond donors (Lipinski definition) is 11. The van der Waals surface area contributed by atoms with Crippen LogP contribution in [-0.2, 0) is 73.6 Å². The number of likely N-dealkylation sites (N-methyl/N-ethyl adjacent to an activating group) is 2. The molecule has 7 heterocycles. The Balaban J connectivity index is 0.933. The van der Waals surface area contributed by atoms with Crippen LogP contribution in [0.25, 0.3) is 21.9 Å². The highest BCUT2D eigenvalue weighted by molar-refractivity contribution is 5.98. The van der Waals surface area contributed by atoms with Crippen molar-refractivity contribution >= 4 is 64.0 Å². The summed E-state index contributed by atoms with van der Waals surface area (Å²) >= 11 is 0. The Kier molecular flexibility index (Phi) is 27.5. The number of amides is 8. The molecular weight excluding hydrogens is 1400 g/mol. The zero-order chi connectivity index (χ0) is 79.0. The number of nitrogens with zero attached hydrogens (tertiary/aromatic N) is 3. The van der Waals surface area contributed by atoms with Crippen LogP contribution in [0.15, 0.2) is 164 Å². The van der Waals surface area contributed by atoms with Gasteiger partial charge in [0.25, 0.3) is 0 Å². The van der Waals surface area contributed by atoms with Gasteiger partial charge in [0.05, 0.1) is 43.6 Å². The number of ether oxygens (including phenoxy) is 4. The van der Waals surface area contributed by atoms with Gasteiger partial charge in [0, 0.05) is 57.9 Å². The van der Waals surface area contributed by atoms with Crippen LogP contribution < -0.4 is 67.7 Å². The second kappa shape index (κ2) is 37.0. The van der Waals surface area contributed by atoms with Gasteiger partial charge in [-0.25, -0.2) is 4.79 Å². The number of hydrazine groups is 2. The first kappa shape index (κ1) is 81.6.